The predicted octanol–water partition coefficient (Wildman–Crippen LogP) is 4.03. The van der Waals surface area contributed by atoms with E-state index >= 15 is 0 Å². The minimum Gasteiger partial charge on any atom is -0.375 e. The Hall–Kier alpha value is -0.380. The minimum atomic E-state index is 0.218. The maximum Gasteiger partial charge on any atom is 0.0697 e. The van der Waals surface area contributed by atoms with Crippen molar-refractivity contribution in [3.05, 3.63) is 34.3 Å². The lowest BCUT2D eigenvalue weighted by Gasteiger charge is -2.38. The lowest BCUT2D eigenvalue weighted by molar-refractivity contribution is -0.0837. The fraction of sp³-hybridized carbons (Fsp3) is 0.625. The van der Waals surface area contributed by atoms with E-state index < -0.39 is 0 Å². The van der Waals surface area contributed by atoms with Crippen molar-refractivity contribution in [2.45, 2.75) is 56.7 Å². The first-order chi connectivity index (χ1) is 9.26. The first-order valence-electron chi connectivity index (χ1n) is 7.38. The molecule has 1 atom stereocenters. The van der Waals surface area contributed by atoms with Crippen LogP contribution in [-0.4, -0.2) is 18.2 Å². The zero-order chi connectivity index (χ0) is 13.1. The van der Waals surface area contributed by atoms with Gasteiger partial charge in [0.25, 0.3) is 0 Å². The summed E-state index contributed by atoms with van der Waals surface area (Å²) in [5.74, 6) is 0. The SMILES string of the molecule is Brc1ccc(CNC2CCOC3(CCCC3)C2)cc1. The Morgan fingerprint density at radius 1 is 1.21 bits per heavy atom. The fourth-order valence-corrected chi connectivity index (χ4v) is 3.70. The largest absolute Gasteiger partial charge is 0.375 e. The maximum absolute atomic E-state index is 6.08. The van der Waals surface area contributed by atoms with E-state index in [0.717, 1.165) is 24.0 Å². The molecule has 1 saturated carbocycles. The fourth-order valence-electron chi connectivity index (χ4n) is 3.43. The summed E-state index contributed by atoms with van der Waals surface area (Å²) >= 11 is 3.48. The van der Waals surface area contributed by atoms with Crippen LogP contribution in [0, 0.1) is 0 Å². The predicted molar refractivity (Wildman–Crippen MR) is 81.2 cm³/mol. The van der Waals surface area contributed by atoms with Crippen molar-refractivity contribution in [2.75, 3.05) is 6.61 Å². The second-order valence-corrected chi connectivity index (χ2v) is 6.85. The van der Waals surface area contributed by atoms with Gasteiger partial charge in [-0.15, -0.1) is 0 Å². The van der Waals surface area contributed by atoms with Crippen molar-refractivity contribution in [2.24, 2.45) is 0 Å². The Kier molecular flexibility index (Phi) is 4.25. The van der Waals surface area contributed by atoms with Crippen LogP contribution in [0.5, 0.6) is 0 Å². The quantitative estimate of drug-likeness (QED) is 0.906. The molecule has 3 rings (SSSR count). The van der Waals surface area contributed by atoms with E-state index in [1.54, 1.807) is 0 Å². The van der Waals surface area contributed by atoms with Gasteiger partial charge in [-0.05, 0) is 43.4 Å². The third-order valence-electron chi connectivity index (χ3n) is 4.52. The van der Waals surface area contributed by atoms with Crippen LogP contribution >= 0.6 is 15.9 Å². The van der Waals surface area contributed by atoms with E-state index in [9.17, 15) is 0 Å². The zero-order valence-electron chi connectivity index (χ0n) is 11.3. The second kappa shape index (κ2) is 5.94. The van der Waals surface area contributed by atoms with Crippen molar-refractivity contribution in [1.82, 2.24) is 5.32 Å². The van der Waals surface area contributed by atoms with Gasteiger partial charge in [0.15, 0.2) is 0 Å². The van der Waals surface area contributed by atoms with Gasteiger partial charge in [0, 0.05) is 23.7 Å². The van der Waals surface area contributed by atoms with Crippen molar-refractivity contribution >= 4 is 15.9 Å². The molecule has 3 heteroatoms. The Balaban J connectivity index is 1.53. The molecule has 1 aromatic rings. The van der Waals surface area contributed by atoms with Gasteiger partial charge in [0.05, 0.1) is 5.60 Å². The second-order valence-electron chi connectivity index (χ2n) is 5.94. The van der Waals surface area contributed by atoms with Crippen LogP contribution in [0.15, 0.2) is 28.7 Å². The van der Waals surface area contributed by atoms with Crippen LogP contribution in [-0.2, 0) is 11.3 Å². The Morgan fingerprint density at radius 3 is 2.68 bits per heavy atom. The van der Waals surface area contributed by atoms with Crippen LogP contribution < -0.4 is 5.32 Å². The number of ether oxygens (including phenoxy) is 1. The summed E-state index contributed by atoms with van der Waals surface area (Å²) in [6.07, 6.45) is 7.58. The first kappa shape index (κ1) is 13.6. The van der Waals surface area contributed by atoms with E-state index in [1.807, 2.05) is 0 Å². The van der Waals surface area contributed by atoms with E-state index in [2.05, 4.69) is 45.5 Å². The van der Waals surface area contributed by atoms with E-state index in [4.69, 9.17) is 4.74 Å². The number of nitrogens with one attached hydrogen (secondary N) is 1. The first-order valence-corrected chi connectivity index (χ1v) is 8.17. The average Bonchev–Trinajstić information content (AvgIpc) is 2.86. The highest BCUT2D eigenvalue weighted by Gasteiger charge is 2.39. The van der Waals surface area contributed by atoms with Gasteiger partial charge in [-0.1, -0.05) is 40.9 Å². The number of hydrogen-bond donors (Lipinski definition) is 1. The van der Waals surface area contributed by atoms with Gasteiger partial charge in [-0.2, -0.15) is 0 Å². The highest BCUT2D eigenvalue weighted by atomic mass is 79.9. The summed E-state index contributed by atoms with van der Waals surface area (Å²) in [4.78, 5) is 0. The zero-order valence-corrected chi connectivity index (χ0v) is 12.9. The molecule has 1 aromatic carbocycles. The number of rotatable bonds is 3. The van der Waals surface area contributed by atoms with Crippen LogP contribution in [0.3, 0.4) is 0 Å². The monoisotopic (exact) mass is 323 g/mol. The molecule has 2 aliphatic rings. The molecule has 1 unspecified atom stereocenters. The Bertz CT molecular complexity index is 411. The molecule has 2 nitrogen and oxygen atoms in total. The van der Waals surface area contributed by atoms with E-state index in [-0.39, 0.29) is 5.60 Å². The number of benzene rings is 1. The lowest BCUT2D eigenvalue weighted by Crippen LogP contribution is -2.45. The molecular formula is C16H22BrNO. The summed E-state index contributed by atoms with van der Waals surface area (Å²) in [5, 5.41) is 3.71. The third-order valence-corrected chi connectivity index (χ3v) is 5.04. The van der Waals surface area contributed by atoms with Gasteiger partial charge in [-0.3, -0.25) is 0 Å². The minimum absolute atomic E-state index is 0.218. The standard InChI is InChI=1S/C16H22BrNO/c17-14-5-3-13(4-6-14)12-18-15-7-10-19-16(11-15)8-1-2-9-16/h3-6,15,18H,1-2,7-12H2. The van der Waals surface area contributed by atoms with Crippen LogP contribution in [0.1, 0.15) is 44.1 Å². The third kappa shape index (κ3) is 3.39. The molecule has 2 fully saturated rings. The summed E-state index contributed by atoms with van der Waals surface area (Å²) in [6.45, 7) is 1.89. The van der Waals surface area contributed by atoms with Crippen molar-refractivity contribution in [3.8, 4) is 0 Å². The number of hydrogen-bond acceptors (Lipinski definition) is 2. The molecule has 0 amide bonds. The Morgan fingerprint density at radius 2 is 1.95 bits per heavy atom. The van der Waals surface area contributed by atoms with Gasteiger partial charge < -0.3 is 10.1 Å². The highest BCUT2D eigenvalue weighted by Crippen LogP contribution is 2.39. The van der Waals surface area contributed by atoms with Crippen LogP contribution in [0.4, 0.5) is 0 Å². The molecule has 1 N–H and O–H groups in total. The summed E-state index contributed by atoms with van der Waals surface area (Å²) in [5.41, 5.74) is 1.57. The summed E-state index contributed by atoms with van der Waals surface area (Å²) in [7, 11) is 0. The normalized spacial score (nSPS) is 25.8. The summed E-state index contributed by atoms with van der Waals surface area (Å²) in [6, 6.07) is 9.21. The molecular weight excluding hydrogens is 302 g/mol. The molecule has 0 bridgehead atoms. The molecule has 104 valence electrons. The van der Waals surface area contributed by atoms with E-state index in [0.29, 0.717) is 6.04 Å². The topological polar surface area (TPSA) is 21.3 Å². The maximum atomic E-state index is 6.08. The highest BCUT2D eigenvalue weighted by molar-refractivity contribution is 9.10. The lowest BCUT2D eigenvalue weighted by atomic mass is 9.89. The van der Waals surface area contributed by atoms with Gasteiger partial charge in [0.2, 0.25) is 0 Å². The molecule has 1 heterocycles. The molecule has 0 aromatic heterocycles. The molecule has 1 aliphatic carbocycles. The van der Waals surface area contributed by atoms with E-state index in [1.165, 1.54) is 37.7 Å². The molecule has 1 aliphatic heterocycles. The van der Waals surface area contributed by atoms with Gasteiger partial charge in [0.1, 0.15) is 0 Å². The van der Waals surface area contributed by atoms with Crippen molar-refractivity contribution < 1.29 is 4.74 Å². The van der Waals surface area contributed by atoms with Crippen LogP contribution in [0.2, 0.25) is 0 Å². The molecule has 0 radical (unpaired) electrons. The average molecular weight is 324 g/mol. The molecule has 1 saturated heterocycles. The number of halogens is 1. The van der Waals surface area contributed by atoms with Crippen molar-refractivity contribution in [3.63, 3.8) is 0 Å². The van der Waals surface area contributed by atoms with Gasteiger partial charge in [-0.25, -0.2) is 0 Å². The van der Waals surface area contributed by atoms with Crippen molar-refractivity contribution in [1.29, 1.82) is 0 Å². The molecule has 19 heavy (non-hydrogen) atoms. The van der Waals surface area contributed by atoms with Crippen LogP contribution in [0.25, 0.3) is 0 Å². The smallest absolute Gasteiger partial charge is 0.0697 e. The van der Waals surface area contributed by atoms with Gasteiger partial charge >= 0.3 is 0 Å². The Labute approximate surface area is 124 Å². The molecule has 1 spiro atoms. The summed E-state index contributed by atoms with van der Waals surface area (Å²) < 4.78 is 7.22.